The fourth-order valence-corrected chi connectivity index (χ4v) is 2.86. The summed E-state index contributed by atoms with van der Waals surface area (Å²) >= 11 is 0. The van der Waals surface area contributed by atoms with Gasteiger partial charge in [0.05, 0.1) is 0 Å². The summed E-state index contributed by atoms with van der Waals surface area (Å²) in [6.07, 6.45) is 5.46. The molecule has 2 rings (SSSR count). The number of benzene rings is 1. The maximum absolute atomic E-state index is 3.56. The highest BCUT2D eigenvalue weighted by Crippen LogP contribution is 2.24. The van der Waals surface area contributed by atoms with E-state index in [-0.39, 0.29) is 5.54 Å². The van der Waals surface area contributed by atoms with Crippen LogP contribution in [0.25, 0.3) is 0 Å². The zero-order valence-corrected chi connectivity index (χ0v) is 13.6. The van der Waals surface area contributed by atoms with E-state index in [0.29, 0.717) is 0 Å². The molecule has 0 atom stereocenters. The molecule has 0 spiro atoms. The Morgan fingerprint density at radius 2 is 1.70 bits per heavy atom. The number of hydrogen-bond donors (Lipinski definition) is 1. The third-order valence-electron chi connectivity index (χ3n) is 4.03. The van der Waals surface area contributed by atoms with Crippen molar-refractivity contribution in [3.05, 3.63) is 29.3 Å². The first-order chi connectivity index (χ1) is 9.46. The Hall–Kier alpha value is -1.02. The lowest BCUT2D eigenvalue weighted by Gasteiger charge is -2.25. The van der Waals surface area contributed by atoms with Crippen molar-refractivity contribution in [2.75, 3.05) is 18.0 Å². The Morgan fingerprint density at radius 3 is 2.25 bits per heavy atom. The van der Waals surface area contributed by atoms with Gasteiger partial charge in [0, 0.05) is 30.9 Å². The standard InChI is InChI=1S/C18H30N2/c1-15-13-16(14-19-18(2,3)4)9-10-17(15)20-11-7-5-6-8-12-20/h9-10,13,19H,5-8,11-12,14H2,1-4H3. The Kier molecular flexibility index (Phi) is 5.09. The highest BCUT2D eigenvalue weighted by atomic mass is 15.1. The molecule has 0 radical (unpaired) electrons. The predicted octanol–water partition coefficient (Wildman–Crippen LogP) is 4.26. The number of rotatable bonds is 3. The van der Waals surface area contributed by atoms with Gasteiger partial charge in [-0.3, -0.25) is 0 Å². The Balaban J connectivity index is 2.05. The van der Waals surface area contributed by atoms with Crippen molar-refractivity contribution in [3.63, 3.8) is 0 Å². The van der Waals surface area contributed by atoms with Gasteiger partial charge in [0.2, 0.25) is 0 Å². The molecule has 1 fully saturated rings. The van der Waals surface area contributed by atoms with E-state index < -0.39 is 0 Å². The van der Waals surface area contributed by atoms with Crippen molar-refractivity contribution in [1.82, 2.24) is 5.32 Å². The first-order valence-electron chi connectivity index (χ1n) is 8.05. The topological polar surface area (TPSA) is 15.3 Å². The number of anilines is 1. The zero-order valence-electron chi connectivity index (χ0n) is 13.6. The minimum Gasteiger partial charge on any atom is -0.371 e. The number of hydrogen-bond acceptors (Lipinski definition) is 2. The van der Waals surface area contributed by atoms with Crippen LogP contribution in [0.5, 0.6) is 0 Å². The lowest BCUT2D eigenvalue weighted by Crippen LogP contribution is -2.35. The summed E-state index contributed by atoms with van der Waals surface area (Å²) in [5, 5.41) is 3.56. The van der Waals surface area contributed by atoms with Crippen molar-refractivity contribution < 1.29 is 0 Å². The van der Waals surface area contributed by atoms with E-state index in [0.717, 1.165) is 6.54 Å². The van der Waals surface area contributed by atoms with Crippen LogP contribution in [0.4, 0.5) is 5.69 Å². The molecule has 0 aromatic heterocycles. The monoisotopic (exact) mass is 274 g/mol. The Morgan fingerprint density at radius 1 is 1.05 bits per heavy atom. The fraction of sp³-hybridized carbons (Fsp3) is 0.667. The quantitative estimate of drug-likeness (QED) is 0.886. The second-order valence-corrected chi connectivity index (χ2v) is 7.13. The lowest BCUT2D eigenvalue weighted by molar-refractivity contribution is 0.424. The second-order valence-electron chi connectivity index (χ2n) is 7.13. The summed E-state index contributed by atoms with van der Waals surface area (Å²) in [7, 11) is 0. The molecule has 1 aromatic carbocycles. The van der Waals surface area contributed by atoms with Crippen molar-refractivity contribution in [1.29, 1.82) is 0 Å². The Bertz CT molecular complexity index is 424. The van der Waals surface area contributed by atoms with Gasteiger partial charge in [-0.2, -0.15) is 0 Å². The highest BCUT2D eigenvalue weighted by molar-refractivity contribution is 5.54. The van der Waals surface area contributed by atoms with Gasteiger partial charge in [0.15, 0.2) is 0 Å². The third-order valence-corrected chi connectivity index (χ3v) is 4.03. The SMILES string of the molecule is Cc1cc(CNC(C)(C)C)ccc1N1CCCCCC1. The first-order valence-corrected chi connectivity index (χ1v) is 8.05. The van der Waals surface area contributed by atoms with Crippen molar-refractivity contribution >= 4 is 5.69 Å². The van der Waals surface area contributed by atoms with Gasteiger partial charge in [0.25, 0.3) is 0 Å². The van der Waals surface area contributed by atoms with Gasteiger partial charge in [0.1, 0.15) is 0 Å². The second kappa shape index (κ2) is 6.62. The third kappa shape index (κ3) is 4.52. The zero-order chi connectivity index (χ0) is 14.6. The molecule has 112 valence electrons. The summed E-state index contributed by atoms with van der Waals surface area (Å²) < 4.78 is 0. The molecule has 1 aliphatic rings. The molecule has 1 aromatic rings. The number of nitrogens with zero attached hydrogens (tertiary/aromatic N) is 1. The fourth-order valence-electron chi connectivity index (χ4n) is 2.86. The molecule has 20 heavy (non-hydrogen) atoms. The van der Waals surface area contributed by atoms with E-state index in [9.17, 15) is 0 Å². The molecule has 0 aliphatic carbocycles. The van der Waals surface area contributed by atoms with Gasteiger partial charge < -0.3 is 10.2 Å². The van der Waals surface area contributed by atoms with Crippen LogP contribution in [-0.2, 0) is 6.54 Å². The van der Waals surface area contributed by atoms with Crippen molar-refractivity contribution in [2.45, 2.75) is 65.5 Å². The van der Waals surface area contributed by atoms with Crippen LogP contribution in [0.3, 0.4) is 0 Å². The van der Waals surface area contributed by atoms with Crippen molar-refractivity contribution in [3.8, 4) is 0 Å². The highest BCUT2D eigenvalue weighted by Gasteiger charge is 2.13. The first kappa shape index (κ1) is 15.4. The van der Waals surface area contributed by atoms with Gasteiger partial charge in [-0.15, -0.1) is 0 Å². The molecular formula is C18H30N2. The van der Waals surface area contributed by atoms with Crippen LogP contribution in [-0.4, -0.2) is 18.6 Å². The van der Waals surface area contributed by atoms with Crippen LogP contribution in [0, 0.1) is 6.92 Å². The predicted molar refractivity (Wildman–Crippen MR) is 88.5 cm³/mol. The minimum atomic E-state index is 0.178. The summed E-state index contributed by atoms with van der Waals surface area (Å²) in [6.45, 7) is 12.3. The van der Waals surface area contributed by atoms with E-state index >= 15 is 0 Å². The van der Waals surface area contributed by atoms with Gasteiger partial charge in [-0.25, -0.2) is 0 Å². The molecule has 1 N–H and O–H groups in total. The molecule has 2 heteroatoms. The summed E-state index contributed by atoms with van der Waals surface area (Å²) in [5.41, 5.74) is 4.42. The average Bonchev–Trinajstić information content (AvgIpc) is 2.64. The molecule has 0 saturated carbocycles. The van der Waals surface area contributed by atoms with Gasteiger partial charge in [-0.05, 0) is 57.7 Å². The molecular weight excluding hydrogens is 244 g/mol. The Labute approximate surface area is 124 Å². The summed E-state index contributed by atoms with van der Waals surface area (Å²) in [4.78, 5) is 2.57. The number of nitrogens with one attached hydrogen (secondary N) is 1. The smallest absolute Gasteiger partial charge is 0.0396 e. The van der Waals surface area contributed by atoms with Crippen LogP contribution in [0.15, 0.2) is 18.2 Å². The van der Waals surface area contributed by atoms with Gasteiger partial charge in [-0.1, -0.05) is 25.0 Å². The molecule has 1 saturated heterocycles. The lowest BCUT2D eigenvalue weighted by atomic mass is 10.1. The van der Waals surface area contributed by atoms with Crippen LogP contribution >= 0.6 is 0 Å². The molecule has 1 aliphatic heterocycles. The van der Waals surface area contributed by atoms with Gasteiger partial charge >= 0.3 is 0 Å². The maximum Gasteiger partial charge on any atom is 0.0396 e. The molecule has 0 amide bonds. The van der Waals surface area contributed by atoms with E-state index in [2.05, 4.69) is 56.1 Å². The normalized spacial score (nSPS) is 17.1. The van der Waals surface area contributed by atoms with E-state index in [1.807, 2.05) is 0 Å². The summed E-state index contributed by atoms with van der Waals surface area (Å²) in [6, 6.07) is 6.95. The van der Waals surface area contributed by atoms with Crippen LogP contribution in [0.1, 0.15) is 57.6 Å². The van der Waals surface area contributed by atoms with Crippen LogP contribution < -0.4 is 10.2 Å². The minimum absolute atomic E-state index is 0.178. The van der Waals surface area contributed by atoms with Crippen LogP contribution in [0.2, 0.25) is 0 Å². The maximum atomic E-state index is 3.56. The largest absolute Gasteiger partial charge is 0.371 e. The number of aryl methyl sites for hydroxylation is 1. The van der Waals surface area contributed by atoms with Crippen molar-refractivity contribution in [2.24, 2.45) is 0 Å². The molecule has 0 unspecified atom stereocenters. The average molecular weight is 274 g/mol. The summed E-state index contributed by atoms with van der Waals surface area (Å²) in [5.74, 6) is 0. The molecule has 2 nitrogen and oxygen atoms in total. The molecule has 0 bridgehead atoms. The van der Waals surface area contributed by atoms with E-state index in [1.165, 1.54) is 55.6 Å². The van der Waals surface area contributed by atoms with E-state index in [1.54, 1.807) is 0 Å². The van der Waals surface area contributed by atoms with E-state index in [4.69, 9.17) is 0 Å². The molecule has 1 heterocycles.